The SMILES string of the molecule is CC1(C)CCCC1NC(=O)C1CN(Cc2ccc(-n3cccn3)cc2)c2ccccc2O1. The fourth-order valence-electron chi connectivity index (χ4n) is 4.85. The van der Waals surface area contributed by atoms with E-state index in [1.54, 1.807) is 6.20 Å². The highest BCUT2D eigenvalue weighted by Crippen LogP contribution is 2.38. The Hall–Kier alpha value is -3.28. The van der Waals surface area contributed by atoms with Crippen molar-refractivity contribution in [2.24, 2.45) is 5.41 Å². The summed E-state index contributed by atoms with van der Waals surface area (Å²) in [4.78, 5) is 15.4. The van der Waals surface area contributed by atoms with Crippen LogP contribution >= 0.6 is 0 Å². The minimum atomic E-state index is -0.523. The minimum Gasteiger partial charge on any atom is -0.477 e. The molecule has 5 rings (SSSR count). The monoisotopic (exact) mass is 430 g/mol. The summed E-state index contributed by atoms with van der Waals surface area (Å²) in [7, 11) is 0. The quantitative estimate of drug-likeness (QED) is 0.654. The Morgan fingerprint density at radius 1 is 1.16 bits per heavy atom. The summed E-state index contributed by atoms with van der Waals surface area (Å²) < 4.78 is 7.99. The first-order chi connectivity index (χ1) is 15.5. The molecule has 0 radical (unpaired) electrons. The van der Waals surface area contributed by atoms with Gasteiger partial charge in [0.05, 0.1) is 17.9 Å². The first-order valence-electron chi connectivity index (χ1n) is 11.4. The molecular formula is C26H30N4O2. The maximum absolute atomic E-state index is 13.2. The molecule has 1 saturated carbocycles. The highest BCUT2D eigenvalue weighted by Gasteiger charge is 2.38. The van der Waals surface area contributed by atoms with Crippen LogP contribution in [-0.4, -0.2) is 34.4 Å². The molecule has 166 valence electrons. The Morgan fingerprint density at radius 3 is 2.69 bits per heavy atom. The smallest absolute Gasteiger partial charge is 0.263 e. The Labute approximate surface area is 189 Å². The van der Waals surface area contributed by atoms with Gasteiger partial charge in [0, 0.05) is 25.0 Å². The standard InChI is InChI=1S/C26H30N4O2/c1-26(2)14-5-9-24(26)28-25(31)23-18-29(21-7-3-4-8-22(21)32-23)17-19-10-12-20(13-11-19)30-16-6-15-27-30/h3-4,6-8,10-13,15-16,23-24H,5,9,14,17-18H2,1-2H3,(H,28,31). The van der Waals surface area contributed by atoms with Crippen LogP contribution in [0.2, 0.25) is 0 Å². The molecule has 1 aromatic heterocycles. The second-order valence-electron chi connectivity index (χ2n) is 9.51. The topological polar surface area (TPSA) is 59.4 Å². The van der Waals surface area contributed by atoms with Crippen molar-refractivity contribution < 1.29 is 9.53 Å². The highest BCUT2D eigenvalue weighted by molar-refractivity contribution is 5.83. The van der Waals surface area contributed by atoms with Gasteiger partial charge in [0.1, 0.15) is 5.75 Å². The third kappa shape index (κ3) is 4.09. The maximum atomic E-state index is 13.2. The lowest BCUT2D eigenvalue weighted by Crippen LogP contribution is -2.52. The van der Waals surface area contributed by atoms with E-state index in [1.165, 1.54) is 5.56 Å². The van der Waals surface area contributed by atoms with Gasteiger partial charge in [-0.2, -0.15) is 5.10 Å². The van der Waals surface area contributed by atoms with Gasteiger partial charge in [0.25, 0.3) is 5.91 Å². The van der Waals surface area contributed by atoms with E-state index >= 15 is 0 Å². The van der Waals surface area contributed by atoms with Crippen molar-refractivity contribution in [1.29, 1.82) is 0 Å². The summed E-state index contributed by atoms with van der Waals surface area (Å²) in [5.74, 6) is 0.747. The lowest BCUT2D eigenvalue weighted by molar-refractivity contribution is -0.129. The summed E-state index contributed by atoms with van der Waals surface area (Å²) in [5, 5.41) is 7.57. The molecule has 1 aliphatic carbocycles. The molecule has 0 saturated heterocycles. The Balaban J connectivity index is 1.33. The van der Waals surface area contributed by atoms with Crippen LogP contribution in [0.4, 0.5) is 5.69 Å². The first-order valence-corrected chi connectivity index (χ1v) is 11.4. The van der Waals surface area contributed by atoms with E-state index in [1.807, 2.05) is 35.1 Å². The van der Waals surface area contributed by atoms with Gasteiger partial charge in [-0.25, -0.2) is 4.68 Å². The van der Waals surface area contributed by atoms with Crippen LogP contribution in [0.3, 0.4) is 0 Å². The van der Waals surface area contributed by atoms with Gasteiger partial charge < -0.3 is 15.0 Å². The van der Waals surface area contributed by atoms with Crippen LogP contribution in [0.15, 0.2) is 67.0 Å². The molecule has 0 spiro atoms. The molecule has 6 nitrogen and oxygen atoms in total. The van der Waals surface area contributed by atoms with E-state index in [0.29, 0.717) is 13.1 Å². The molecule has 1 fully saturated rings. The number of benzene rings is 2. The molecule has 2 heterocycles. The molecular weight excluding hydrogens is 400 g/mol. The van der Waals surface area contributed by atoms with Gasteiger partial charge in [-0.15, -0.1) is 0 Å². The number of anilines is 1. The second-order valence-corrected chi connectivity index (χ2v) is 9.51. The van der Waals surface area contributed by atoms with Crippen LogP contribution in [-0.2, 0) is 11.3 Å². The number of ether oxygens (including phenoxy) is 1. The van der Waals surface area contributed by atoms with Gasteiger partial charge in [0.15, 0.2) is 6.10 Å². The molecule has 1 N–H and O–H groups in total. The van der Waals surface area contributed by atoms with Crippen molar-refractivity contribution in [3.63, 3.8) is 0 Å². The number of carbonyl (C=O) groups is 1. The van der Waals surface area contributed by atoms with Crippen LogP contribution in [0.1, 0.15) is 38.7 Å². The summed E-state index contributed by atoms with van der Waals surface area (Å²) in [6.07, 6.45) is 6.52. The van der Waals surface area contributed by atoms with Crippen LogP contribution < -0.4 is 15.0 Å². The van der Waals surface area contributed by atoms with E-state index in [9.17, 15) is 4.79 Å². The Kier molecular flexibility index (Phi) is 5.37. The van der Waals surface area contributed by atoms with Gasteiger partial charge in [0.2, 0.25) is 0 Å². The number of rotatable bonds is 5. The van der Waals surface area contributed by atoms with Gasteiger partial charge in [-0.3, -0.25) is 4.79 Å². The summed E-state index contributed by atoms with van der Waals surface area (Å²) in [5.41, 5.74) is 3.36. The van der Waals surface area contributed by atoms with E-state index in [2.05, 4.69) is 59.5 Å². The first kappa shape index (κ1) is 20.6. The molecule has 2 atom stereocenters. The number of nitrogens with zero attached hydrogens (tertiary/aromatic N) is 3. The predicted molar refractivity (Wildman–Crippen MR) is 125 cm³/mol. The molecule has 1 amide bonds. The van der Waals surface area contributed by atoms with Crippen LogP contribution in [0, 0.1) is 5.41 Å². The normalized spacial score (nSPS) is 21.6. The third-order valence-electron chi connectivity index (χ3n) is 6.81. The lowest BCUT2D eigenvalue weighted by atomic mass is 9.87. The number of amides is 1. The largest absolute Gasteiger partial charge is 0.477 e. The average molecular weight is 431 g/mol. The Bertz CT molecular complexity index is 1080. The van der Waals surface area contributed by atoms with Gasteiger partial charge in [-0.1, -0.05) is 44.5 Å². The maximum Gasteiger partial charge on any atom is 0.263 e. The third-order valence-corrected chi connectivity index (χ3v) is 6.81. The number of para-hydroxylation sites is 2. The van der Waals surface area contributed by atoms with Crippen molar-refractivity contribution in [2.75, 3.05) is 11.4 Å². The molecule has 0 bridgehead atoms. The molecule has 32 heavy (non-hydrogen) atoms. The van der Waals surface area contributed by atoms with Crippen molar-refractivity contribution in [3.8, 4) is 11.4 Å². The number of aromatic nitrogens is 2. The molecule has 6 heteroatoms. The zero-order valence-corrected chi connectivity index (χ0v) is 18.7. The zero-order chi connectivity index (χ0) is 22.1. The highest BCUT2D eigenvalue weighted by atomic mass is 16.5. The van der Waals surface area contributed by atoms with E-state index < -0.39 is 6.10 Å². The molecule has 2 unspecified atom stereocenters. The van der Waals surface area contributed by atoms with Crippen LogP contribution in [0.5, 0.6) is 5.75 Å². The van der Waals surface area contributed by atoms with E-state index in [-0.39, 0.29) is 17.4 Å². The number of hydrogen-bond acceptors (Lipinski definition) is 4. The second kappa shape index (κ2) is 8.34. The van der Waals surface area contributed by atoms with Crippen molar-refractivity contribution in [2.45, 2.75) is 51.8 Å². The summed E-state index contributed by atoms with van der Waals surface area (Å²) in [6, 6.07) is 18.5. The van der Waals surface area contributed by atoms with E-state index in [4.69, 9.17) is 4.74 Å². The predicted octanol–water partition coefficient (Wildman–Crippen LogP) is 4.33. The number of fused-ring (bicyclic) bond motifs is 1. The molecule has 3 aromatic rings. The fraction of sp³-hybridized carbons (Fsp3) is 0.385. The molecule has 2 aromatic carbocycles. The number of nitrogens with one attached hydrogen (secondary N) is 1. The van der Waals surface area contributed by atoms with Crippen LogP contribution in [0.25, 0.3) is 5.69 Å². The molecule has 2 aliphatic rings. The summed E-state index contributed by atoms with van der Waals surface area (Å²) >= 11 is 0. The van der Waals surface area contributed by atoms with Gasteiger partial charge in [-0.05, 0) is 54.2 Å². The fourth-order valence-corrected chi connectivity index (χ4v) is 4.85. The molecule has 1 aliphatic heterocycles. The van der Waals surface area contributed by atoms with E-state index in [0.717, 1.165) is 36.4 Å². The average Bonchev–Trinajstić information content (AvgIpc) is 3.44. The van der Waals surface area contributed by atoms with Crippen molar-refractivity contribution >= 4 is 11.6 Å². The summed E-state index contributed by atoms with van der Waals surface area (Å²) in [6.45, 7) is 5.71. The van der Waals surface area contributed by atoms with Crippen molar-refractivity contribution in [1.82, 2.24) is 15.1 Å². The minimum absolute atomic E-state index is 0.0153. The number of hydrogen-bond donors (Lipinski definition) is 1. The van der Waals surface area contributed by atoms with Gasteiger partial charge >= 0.3 is 0 Å². The lowest BCUT2D eigenvalue weighted by Gasteiger charge is -2.37. The number of carbonyl (C=O) groups excluding carboxylic acids is 1. The zero-order valence-electron chi connectivity index (χ0n) is 18.7. The van der Waals surface area contributed by atoms with Crippen molar-refractivity contribution in [3.05, 3.63) is 72.6 Å². The Morgan fingerprint density at radius 2 is 1.97 bits per heavy atom.